The zero-order valence-electron chi connectivity index (χ0n) is 22.6. The second-order valence-electron chi connectivity index (χ2n) is 9.00. The van der Waals surface area contributed by atoms with Crippen LogP contribution in [0.15, 0.2) is 79.6 Å². The van der Waals surface area contributed by atoms with E-state index in [2.05, 4.69) is 13.2 Å². The highest BCUT2D eigenvalue weighted by molar-refractivity contribution is 5.85. The lowest BCUT2D eigenvalue weighted by Gasteiger charge is -2.30. The maximum absolute atomic E-state index is 13.2. The monoisotopic (exact) mass is 540 g/mol. The molecular weight excluding hydrogens is 500 g/mol. The van der Waals surface area contributed by atoms with Crippen molar-refractivity contribution in [3.63, 3.8) is 0 Å². The van der Waals surface area contributed by atoms with Crippen molar-refractivity contribution in [3.8, 4) is 5.75 Å². The van der Waals surface area contributed by atoms with Crippen LogP contribution in [0.25, 0.3) is 0 Å². The van der Waals surface area contributed by atoms with E-state index in [9.17, 15) is 14.4 Å². The van der Waals surface area contributed by atoms with Crippen LogP contribution in [-0.4, -0.2) is 49.9 Å². The molecule has 0 aliphatic heterocycles. The fraction of sp³-hybridized carbons (Fsp3) is 0.452. The molecular formula is C31H40O8. The molecule has 0 radical (unpaired) electrons. The van der Waals surface area contributed by atoms with Crippen molar-refractivity contribution >= 4 is 17.9 Å². The topological polar surface area (TPSA) is 97.4 Å². The molecule has 8 heteroatoms. The maximum atomic E-state index is 13.2. The summed E-state index contributed by atoms with van der Waals surface area (Å²) in [5.41, 5.74) is -1.23. The summed E-state index contributed by atoms with van der Waals surface area (Å²) in [6.07, 6.45) is 14.8. The number of ether oxygens (including phenoxy) is 5. The molecule has 1 aliphatic rings. The molecule has 1 aromatic rings. The third-order valence-electron chi connectivity index (χ3n) is 5.95. The summed E-state index contributed by atoms with van der Waals surface area (Å²) in [5, 5.41) is 0. The lowest BCUT2D eigenvalue weighted by Crippen LogP contribution is -2.43. The smallest absolute Gasteiger partial charge is 0.348 e. The Hall–Kier alpha value is -3.65. The van der Waals surface area contributed by atoms with Gasteiger partial charge in [-0.25, -0.2) is 14.4 Å². The van der Waals surface area contributed by atoms with Gasteiger partial charge in [0.2, 0.25) is 0 Å². The van der Waals surface area contributed by atoms with E-state index in [4.69, 9.17) is 23.7 Å². The van der Waals surface area contributed by atoms with Crippen LogP contribution < -0.4 is 4.74 Å². The van der Waals surface area contributed by atoms with Crippen LogP contribution in [0.2, 0.25) is 0 Å². The van der Waals surface area contributed by atoms with Gasteiger partial charge < -0.3 is 23.7 Å². The van der Waals surface area contributed by atoms with Crippen molar-refractivity contribution < 1.29 is 38.1 Å². The summed E-state index contributed by atoms with van der Waals surface area (Å²) in [7, 11) is 0. The Morgan fingerprint density at radius 2 is 1.33 bits per heavy atom. The van der Waals surface area contributed by atoms with Gasteiger partial charge >= 0.3 is 17.9 Å². The van der Waals surface area contributed by atoms with E-state index in [1.165, 1.54) is 0 Å². The SMILES string of the molecule is C=CC(=O)OCCCCCCOC1=CCC(OCCCCCCOC(=O)C=C)(C(=O)Oc2ccccc2)C=C1. The summed E-state index contributed by atoms with van der Waals surface area (Å²) in [4.78, 5) is 35.3. The predicted molar refractivity (Wildman–Crippen MR) is 148 cm³/mol. The number of hydrogen-bond acceptors (Lipinski definition) is 8. The Balaban J connectivity index is 1.77. The zero-order chi connectivity index (χ0) is 28.2. The standard InChI is InChI=1S/C31H40O8/c1-3-28(32)36-23-13-6-5-12-22-35-26-18-20-31(21-19-26,30(34)39-27-16-10-9-11-17-27)38-25-15-8-7-14-24-37-29(33)4-2/h3-4,9-11,16-20H,1-2,5-8,12-15,21-25H2. The summed E-state index contributed by atoms with van der Waals surface area (Å²) in [5.74, 6) is -0.144. The maximum Gasteiger partial charge on any atom is 0.348 e. The van der Waals surface area contributed by atoms with Gasteiger partial charge in [0.15, 0.2) is 5.60 Å². The van der Waals surface area contributed by atoms with Crippen LogP contribution >= 0.6 is 0 Å². The number of rotatable bonds is 20. The van der Waals surface area contributed by atoms with Crippen molar-refractivity contribution in [2.75, 3.05) is 26.4 Å². The Labute approximate surface area is 231 Å². The molecule has 1 unspecified atom stereocenters. The first-order valence-electron chi connectivity index (χ1n) is 13.5. The van der Waals surface area contributed by atoms with Gasteiger partial charge in [-0.3, -0.25) is 0 Å². The predicted octanol–water partition coefficient (Wildman–Crippen LogP) is 5.79. The molecule has 0 spiro atoms. The molecule has 0 aromatic heterocycles. The summed E-state index contributed by atoms with van der Waals surface area (Å²) in [6, 6.07) is 8.92. The fourth-order valence-corrected chi connectivity index (χ4v) is 3.73. The summed E-state index contributed by atoms with van der Waals surface area (Å²) < 4.78 is 27.6. The lowest BCUT2D eigenvalue weighted by atomic mass is 9.94. The van der Waals surface area contributed by atoms with Gasteiger partial charge in [0.1, 0.15) is 11.5 Å². The van der Waals surface area contributed by atoms with Gasteiger partial charge in [0, 0.05) is 25.2 Å². The fourth-order valence-electron chi connectivity index (χ4n) is 3.73. The minimum absolute atomic E-state index is 0.302. The van der Waals surface area contributed by atoms with Crippen LogP contribution in [-0.2, 0) is 33.3 Å². The summed E-state index contributed by atoms with van der Waals surface area (Å²) >= 11 is 0. The van der Waals surface area contributed by atoms with Crippen molar-refractivity contribution in [1.29, 1.82) is 0 Å². The normalized spacial score (nSPS) is 16.1. The molecule has 0 amide bonds. The van der Waals surface area contributed by atoms with Crippen molar-refractivity contribution in [2.24, 2.45) is 0 Å². The average Bonchev–Trinajstić information content (AvgIpc) is 2.96. The van der Waals surface area contributed by atoms with Crippen LogP contribution in [0, 0.1) is 0 Å². The first-order valence-corrected chi connectivity index (χ1v) is 13.5. The third kappa shape index (κ3) is 12.6. The average molecular weight is 541 g/mol. The molecule has 8 nitrogen and oxygen atoms in total. The van der Waals surface area contributed by atoms with Gasteiger partial charge in [-0.15, -0.1) is 0 Å². The molecule has 0 heterocycles. The van der Waals surface area contributed by atoms with E-state index in [1.54, 1.807) is 36.4 Å². The van der Waals surface area contributed by atoms with E-state index in [-0.39, 0.29) is 0 Å². The van der Waals surface area contributed by atoms with Crippen molar-refractivity contribution in [2.45, 2.75) is 63.4 Å². The second-order valence-corrected chi connectivity index (χ2v) is 9.00. The molecule has 39 heavy (non-hydrogen) atoms. The van der Waals surface area contributed by atoms with E-state index in [1.807, 2.05) is 12.1 Å². The molecule has 0 bridgehead atoms. The Bertz CT molecular complexity index is 982. The highest BCUT2D eigenvalue weighted by Gasteiger charge is 2.40. The Kier molecular flexibility index (Phi) is 15.0. The lowest BCUT2D eigenvalue weighted by molar-refractivity contribution is -0.156. The van der Waals surface area contributed by atoms with Crippen LogP contribution in [0.5, 0.6) is 5.75 Å². The largest absolute Gasteiger partial charge is 0.494 e. The Morgan fingerprint density at radius 1 is 0.769 bits per heavy atom. The van der Waals surface area contributed by atoms with E-state index in [0.29, 0.717) is 44.4 Å². The molecule has 1 aromatic carbocycles. The second kappa shape index (κ2) is 18.6. The highest BCUT2D eigenvalue weighted by atomic mass is 16.6. The molecule has 1 aliphatic carbocycles. The minimum atomic E-state index is -1.23. The molecule has 1 atom stereocenters. The van der Waals surface area contributed by atoms with E-state index >= 15 is 0 Å². The number of hydrogen-bond donors (Lipinski definition) is 0. The van der Waals surface area contributed by atoms with Gasteiger partial charge in [-0.05, 0) is 75.3 Å². The number of unbranched alkanes of at least 4 members (excludes halogenated alkanes) is 6. The number of benzene rings is 1. The van der Waals surface area contributed by atoms with Crippen molar-refractivity contribution in [3.05, 3.63) is 79.6 Å². The first-order chi connectivity index (χ1) is 19.0. The van der Waals surface area contributed by atoms with Gasteiger partial charge in [-0.2, -0.15) is 0 Å². The minimum Gasteiger partial charge on any atom is -0.494 e. The van der Waals surface area contributed by atoms with Gasteiger partial charge in [0.05, 0.1) is 19.8 Å². The number of esters is 3. The third-order valence-corrected chi connectivity index (χ3v) is 5.95. The Morgan fingerprint density at radius 3 is 1.87 bits per heavy atom. The van der Waals surface area contributed by atoms with E-state index < -0.39 is 23.5 Å². The molecule has 212 valence electrons. The van der Waals surface area contributed by atoms with Crippen molar-refractivity contribution in [1.82, 2.24) is 0 Å². The number of allylic oxidation sites excluding steroid dienone is 1. The van der Waals surface area contributed by atoms with Gasteiger partial charge in [0.25, 0.3) is 0 Å². The first kappa shape index (κ1) is 31.6. The van der Waals surface area contributed by atoms with Crippen LogP contribution in [0.3, 0.4) is 0 Å². The highest BCUT2D eigenvalue weighted by Crippen LogP contribution is 2.29. The van der Waals surface area contributed by atoms with Crippen LogP contribution in [0.4, 0.5) is 0 Å². The summed E-state index contributed by atoms with van der Waals surface area (Å²) in [6.45, 7) is 8.43. The number of carbonyl (C=O) groups excluding carboxylic acids is 3. The number of carbonyl (C=O) groups is 3. The molecule has 0 saturated heterocycles. The van der Waals surface area contributed by atoms with Crippen LogP contribution in [0.1, 0.15) is 57.8 Å². The molecule has 0 fully saturated rings. The zero-order valence-corrected chi connectivity index (χ0v) is 22.6. The molecule has 0 N–H and O–H groups in total. The van der Waals surface area contributed by atoms with E-state index in [0.717, 1.165) is 63.5 Å². The quantitative estimate of drug-likeness (QED) is 0.0888. The number of para-hydroxylation sites is 1. The van der Waals surface area contributed by atoms with Gasteiger partial charge in [-0.1, -0.05) is 37.8 Å². The molecule has 0 saturated carbocycles. The molecule has 2 rings (SSSR count).